The molecule has 0 bridgehead atoms. The van der Waals surface area contributed by atoms with Crippen LogP contribution in [0.2, 0.25) is 5.02 Å². The maximum Gasteiger partial charge on any atom is 0.268 e. The Labute approximate surface area is 149 Å². The lowest BCUT2D eigenvalue weighted by Crippen LogP contribution is -2.42. The van der Waals surface area contributed by atoms with Gasteiger partial charge in [-0.2, -0.15) is 5.10 Å². The largest absolute Gasteiger partial charge is 0.478 e. The van der Waals surface area contributed by atoms with Crippen LogP contribution in [0.1, 0.15) is 13.8 Å². The van der Waals surface area contributed by atoms with E-state index in [9.17, 15) is 4.79 Å². The molecule has 7 nitrogen and oxygen atoms in total. The lowest BCUT2D eigenvalue weighted by molar-refractivity contribution is -0.128. The van der Waals surface area contributed by atoms with Crippen LogP contribution >= 0.6 is 11.6 Å². The molecule has 3 rings (SSSR count). The Hall–Kier alpha value is -2.93. The van der Waals surface area contributed by atoms with E-state index < -0.39 is 5.60 Å². The predicted molar refractivity (Wildman–Crippen MR) is 93.9 cm³/mol. The number of benzene rings is 1. The monoisotopic (exact) mass is 357 g/mol. The van der Waals surface area contributed by atoms with Gasteiger partial charge in [0.15, 0.2) is 5.60 Å². The number of rotatable bonds is 5. The molecule has 0 aliphatic rings. The van der Waals surface area contributed by atoms with Crippen molar-refractivity contribution < 1.29 is 9.53 Å². The van der Waals surface area contributed by atoms with Crippen molar-refractivity contribution in [2.24, 2.45) is 0 Å². The van der Waals surface area contributed by atoms with Gasteiger partial charge in [-0.3, -0.25) is 4.79 Å². The van der Waals surface area contributed by atoms with Crippen LogP contribution in [-0.2, 0) is 4.79 Å². The summed E-state index contributed by atoms with van der Waals surface area (Å²) in [6.07, 6.45) is 6.40. The van der Waals surface area contributed by atoms with Crippen LogP contribution < -0.4 is 10.1 Å². The number of nitrogens with one attached hydrogen (secondary N) is 1. The number of hydrogen-bond acceptors (Lipinski definition) is 5. The minimum atomic E-state index is -1.09. The van der Waals surface area contributed by atoms with E-state index in [1.165, 1.54) is 17.1 Å². The number of nitrogens with zero attached hydrogens (tertiary/aromatic N) is 4. The SMILES string of the molecule is CC(C)(Oc1ccc(Cl)cc1)C(=O)Nc1cnc(-n2cccn2)nc1. The van der Waals surface area contributed by atoms with E-state index in [-0.39, 0.29) is 5.91 Å². The van der Waals surface area contributed by atoms with E-state index in [0.717, 1.165) is 0 Å². The summed E-state index contributed by atoms with van der Waals surface area (Å²) in [6, 6.07) is 8.59. The number of amides is 1. The first-order valence-electron chi connectivity index (χ1n) is 7.52. The zero-order valence-corrected chi connectivity index (χ0v) is 14.4. The first-order chi connectivity index (χ1) is 11.9. The Balaban J connectivity index is 1.67. The van der Waals surface area contributed by atoms with Crippen molar-refractivity contribution >= 4 is 23.2 Å². The van der Waals surface area contributed by atoms with Crippen molar-refractivity contribution in [3.05, 3.63) is 60.1 Å². The highest BCUT2D eigenvalue weighted by Gasteiger charge is 2.30. The first-order valence-corrected chi connectivity index (χ1v) is 7.90. The third-order valence-electron chi connectivity index (χ3n) is 3.34. The number of halogens is 1. The normalized spacial score (nSPS) is 11.2. The molecule has 0 fully saturated rings. The van der Waals surface area contributed by atoms with E-state index >= 15 is 0 Å². The fraction of sp³-hybridized carbons (Fsp3) is 0.176. The van der Waals surface area contributed by atoms with Crippen molar-refractivity contribution in [2.45, 2.75) is 19.4 Å². The average molecular weight is 358 g/mol. The third kappa shape index (κ3) is 4.13. The predicted octanol–water partition coefficient (Wildman–Crippen LogP) is 3.11. The number of ether oxygens (including phenoxy) is 1. The summed E-state index contributed by atoms with van der Waals surface area (Å²) in [5, 5.41) is 7.39. The molecule has 2 aromatic heterocycles. The summed E-state index contributed by atoms with van der Waals surface area (Å²) in [6.45, 7) is 3.35. The third-order valence-corrected chi connectivity index (χ3v) is 3.59. The molecule has 25 heavy (non-hydrogen) atoms. The zero-order valence-electron chi connectivity index (χ0n) is 13.7. The molecule has 8 heteroatoms. The number of carbonyl (C=O) groups is 1. The molecular weight excluding hydrogens is 342 g/mol. The van der Waals surface area contributed by atoms with E-state index in [0.29, 0.717) is 22.4 Å². The molecule has 1 aromatic carbocycles. The topological polar surface area (TPSA) is 81.9 Å². The lowest BCUT2D eigenvalue weighted by atomic mass is 10.1. The lowest BCUT2D eigenvalue weighted by Gasteiger charge is -2.25. The van der Waals surface area contributed by atoms with Crippen LogP contribution in [0.15, 0.2) is 55.1 Å². The fourth-order valence-corrected chi connectivity index (χ4v) is 2.14. The van der Waals surface area contributed by atoms with Gasteiger partial charge in [0.05, 0.1) is 18.1 Å². The van der Waals surface area contributed by atoms with Crippen molar-refractivity contribution in [3.63, 3.8) is 0 Å². The molecule has 0 aliphatic carbocycles. The van der Waals surface area contributed by atoms with Crippen molar-refractivity contribution in [2.75, 3.05) is 5.32 Å². The molecule has 0 spiro atoms. The Kier molecular flexibility index (Phi) is 4.67. The molecular formula is C17H16ClN5O2. The Bertz CT molecular complexity index is 846. The summed E-state index contributed by atoms with van der Waals surface area (Å²) in [5.74, 6) is 0.646. The zero-order chi connectivity index (χ0) is 17.9. The van der Waals surface area contributed by atoms with Crippen LogP contribution in [0, 0.1) is 0 Å². The average Bonchev–Trinajstić information content (AvgIpc) is 3.12. The molecule has 0 atom stereocenters. The van der Waals surface area contributed by atoms with Crippen molar-refractivity contribution in [1.29, 1.82) is 0 Å². The van der Waals surface area contributed by atoms with Gasteiger partial charge in [0.25, 0.3) is 11.9 Å². The van der Waals surface area contributed by atoms with Crippen molar-refractivity contribution in [1.82, 2.24) is 19.7 Å². The smallest absolute Gasteiger partial charge is 0.268 e. The minimum Gasteiger partial charge on any atom is -0.478 e. The van der Waals surface area contributed by atoms with Gasteiger partial charge in [-0.1, -0.05) is 11.6 Å². The van der Waals surface area contributed by atoms with Crippen molar-refractivity contribution in [3.8, 4) is 11.7 Å². The molecule has 2 heterocycles. The standard InChI is InChI=1S/C17H16ClN5O2/c1-17(2,25-14-6-4-12(18)5-7-14)15(24)22-13-10-19-16(20-11-13)23-9-3-8-21-23/h3-11H,1-2H3,(H,22,24). The van der Waals surface area contributed by atoms with Gasteiger partial charge in [-0.05, 0) is 44.2 Å². The summed E-state index contributed by atoms with van der Waals surface area (Å²) in [7, 11) is 0. The van der Waals surface area contributed by atoms with E-state index in [4.69, 9.17) is 16.3 Å². The number of aromatic nitrogens is 4. The minimum absolute atomic E-state index is 0.321. The highest BCUT2D eigenvalue weighted by molar-refractivity contribution is 6.30. The number of anilines is 1. The molecule has 0 unspecified atom stereocenters. The first kappa shape index (κ1) is 16.9. The number of hydrogen-bond donors (Lipinski definition) is 1. The highest BCUT2D eigenvalue weighted by atomic mass is 35.5. The second-order valence-corrected chi connectivity index (χ2v) is 6.18. The molecule has 0 saturated carbocycles. The fourth-order valence-electron chi connectivity index (χ4n) is 2.02. The van der Waals surface area contributed by atoms with Crippen LogP contribution in [-0.4, -0.2) is 31.3 Å². The van der Waals surface area contributed by atoms with Crippen LogP contribution in [0.5, 0.6) is 5.75 Å². The van der Waals surface area contributed by atoms with Gasteiger partial charge in [0.1, 0.15) is 5.75 Å². The van der Waals surface area contributed by atoms with E-state index in [1.807, 2.05) is 0 Å². The second-order valence-electron chi connectivity index (χ2n) is 5.74. The highest BCUT2D eigenvalue weighted by Crippen LogP contribution is 2.22. The van der Waals surface area contributed by atoms with Crippen LogP contribution in [0.3, 0.4) is 0 Å². The van der Waals surface area contributed by atoms with Gasteiger partial charge in [0, 0.05) is 17.4 Å². The second kappa shape index (κ2) is 6.90. The van der Waals surface area contributed by atoms with E-state index in [2.05, 4.69) is 20.4 Å². The van der Waals surface area contributed by atoms with Gasteiger partial charge in [0.2, 0.25) is 0 Å². The molecule has 0 saturated heterocycles. The quantitative estimate of drug-likeness (QED) is 0.758. The van der Waals surface area contributed by atoms with Gasteiger partial charge < -0.3 is 10.1 Å². The molecule has 1 amide bonds. The molecule has 0 aliphatic heterocycles. The summed E-state index contributed by atoms with van der Waals surface area (Å²) < 4.78 is 7.27. The summed E-state index contributed by atoms with van der Waals surface area (Å²) in [4.78, 5) is 20.8. The summed E-state index contributed by atoms with van der Waals surface area (Å²) in [5.41, 5.74) is -0.622. The maximum atomic E-state index is 12.5. The summed E-state index contributed by atoms with van der Waals surface area (Å²) >= 11 is 5.85. The van der Waals surface area contributed by atoms with Gasteiger partial charge >= 0.3 is 0 Å². The molecule has 1 N–H and O–H groups in total. The Morgan fingerprint density at radius 2 is 1.88 bits per heavy atom. The van der Waals surface area contributed by atoms with Gasteiger partial charge in [-0.25, -0.2) is 14.6 Å². The maximum absolute atomic E-state index is 12.5. The van der Waals surface area contributed by atoms with Crippen LogP contribution in [0.4, 0.5) is 5.69 Å². The molecule has 3 aromatic rings. The molecule has 0 radical (unpaired) electrons. The molecule has 128 valence electrons. The number of carbonyl (C=O) groups excluding carboxylic acids is 1. The van der Waals surface area contributed by atoms with Crippen LogP contribution in [0.25, 0.3) is 5.95 Å². The van der Waals surface area contributed by atoms with E-state index in [1.54, 1.807) is 56.6 Å². The Morgan fingerprint density at radius 3 is 2.48 bits per heavy atom. The van der Waals surface area contributed by atoms with Gasteiger partial charge in [-0.15, -0.1) is 0 Å². The Morgan fingerprint density at radius 1 is 1.20 bits per heavy atom.